The Morgan fingerprint density at radius 3 is 1.21 bits per heavy atom. The smallest absolute Gasteiger partial charge is 0.141 e. The summed E-state index contributed by atoms with van der Waals surface area (Å²) in [6, 6.07) is 41.0. The predicted octanol–water partition coefficient (Wildman–Crippen LogP) is 15.3. The normalized spacial score (nSPS) is 9.64. The van der Waals surface area contributed by atoms with Gasteiger partial charge in [-0.05, 0) is 146 Å². The van der Waals surface area contributed by atoms with Crippen molar-refractivity contribution >= 4 is 0 Å². The van der Waals surface area contributed by atoms with Crippen LogP contribution in [-0.2, 0) is 6.42 Å². The zero-order chi connectivity index (χ0) is 42.4. The first-order chi connectivity index (χ1) is 26.3. The van der Waals surface area contributed by atoms with E-state index in [0.29, 0.717) is 5.92 Å². The Labute approximate surface area is 339 Å². The SMILES string of the molecule is CCc1ccc(C)cc1.Cc1cc(C)cc(C(C)C)c1.Cc1cc(C)cc(C)c1.Cc1ccc(C#N)c(F)c1.Cc1ccc(F)cc1.Cc1cccc(C)c1C. The number of nitriles is 1. The molecular formula is C53H65F2N. The number of nitrogens with zero attached hydrogens (tertiary/aromatic N) is 1. The van der Waals surface area contributed by atoms with Gasteiger partial charge in [0.05, 0.1) is 5.56 Å². The highest BCUT2D eigenvalue weighted by Crippen LogP contribution is 2.17. The lowest BCUT2D eigenvalue weighted by atomic mass is 9.99. The summed E-state index contributed by atoms with van der Waals surface area (Å²) < 4.78 is 24.7. The fourth-order valence-corrected chi connectivity index (χ4v) is 5.51. The summed E-state index contributed by atoms with van der Waals surface area (Å²) in [5.41, 5.74) is 17.2. The van der Waals surface area contributed by atoms with Crippen molar-refractivity contribution in [2.24, 2.45) is 0 Å². The zero-order valence-electron chi connectivity index (χ0n) is 36.5. The molecule has 0 unspecified atom stereocenters. The first kappa shape index (κ1) is 48.7. The van der Waals surface area contributed by atoms with Crippen molar-refractivity contribution in [1.82, 2.24) is 0 Å². The molecule has 0 radical (unpaired) electrons. The minimum absolute atomic E-state index is 0.102. The van der Waals surface area contributed by atoms with Crippen molar-refractivity contribution in [2.75, 3.05) is 0 Å². The van der Waals surface area contributed by atoms with Gasteiger partial charge in [-0.3, -0.25) is 0 Å². The Bertz CT molecular complexity index is 1970. The number of hydrogen-bond donors (Lipinski definition) is 0. The summed E-state index contributed by atoms with van der Waals surface area (Å²) in [7, 11) is 0. The molecule has 1 nitrogen and oxygen atoms in total. The predicted molar refractivity (Wildman–Crippen MR) is 239 cm³/mol. The van der Waals surface area contributed by atoms with E-state index in [9.17, 15) is 8.78 Å². The lowest BCUT2D eigenvalue weighted by Gasteiger charge is -2.07. The number of benzene rings is 6. The van der Waals surface area contributed by atoms with Crippen molar-refractivity contribution in [3.05, 3.63) is 211 Å². The van der Waals surface area contributed by atoms with Crippen LogP contribution >= 0.6 is 0 Å². The third kappa shape index (κ3) is 20.4. The highest BCUT2D eigenvalue weighted by atomic mass is 19.1. The van der Waals surface area contributed by atoms with Gasteiger partial charge in [0.15, 0.2) is 0 Å². The average Bonchev–Trinajstić information content (AvgIpc) is 3.13. The summed E-state index contributed by atoms with van der Waals surface area (Å²) in [5.74, 6) is 0.0340. The molecular weight excluding hydrogens is 689 g/mol. The number of halogens is 2. The molecule has 0 N–H and O–H groups in total. The Hall–Kier alpha value is -5.33. The molecule has 0 saturated heterocycles. The van der Waals surface area contributed by atoms with Crippen LogP contribution in [0.2, 0.25) is 0 Å². The molecule has 3 heteroatoms. The summed E-state index contributed by atoms with van der Waals surface area (Å²) in [5, 5.41) is 8.32. The van der Waals surface area contributed by atoms with E-state index in [1.165, 1.54) is 85.5 Å². The van der Waals surface area contributed by atoms with Gasteiger partial charge in [0.25, 0.3) is 0 Å². The second kappa shape index (κ2) is 25.7. The zero-order valence-corrected chi connectivity index (χ0v) is 36.5. The molecule has 6 aromatic rings. The maximum atomic E-state index is 12.6. The molecule has 56 heavy (non-hydrogen) atoms. The van der Waals surface area contributed by atoms with Crippen LogP contribution in [0.1, 0.15) is 105 Å². The van der Waals surface area contributed by atoms with Crippen LogP contribution in [0.25, 0.3) is 0 Å². The van der Waals surface area contributed by atoms with Gasteiger partial charge < -0.3 is 0 Å². The van der Waals surface area contributed by atoms with Gasteiger partial charge in [-0.25, -0.2) is 8.78 Å². The minimum atomic E-state index is -0.442. The molecule has 6 aromatic carbocycles. The van der Waals surface area contributed by atoms with E-state index in [1.807, 2.05) is 6.92 Å². The molecule has 0 heterocycles. The Balaban J connectivity index is 0.000000337. The molecule has 0 aromatic heterocycles. The van der Waals surface area contributed by atoms with E-state index < -0.39 is 5.82 Å². The Morgan fingerprint density at radius 1 is 0.482 bits per heavy atom. The van der Waals surface area contributed by atoms with Gasteiger partial charge >= 0.3 is 0 Å². The molecule has 0 aliphatic carbocycles. The van der Waals surface area contributed by atoms with Crippen LogP contribution in [0.5, 0.6) is 0 Å². The van der Waals surface area contributed by atoms with Crippen molar-refractivity contribution in [3.63, 3.8) is 0 Å². The van der Waals surface area contributed by atoms with E-state index in [-0.39, 0.29) is 11.4 Å². The van der Waals surface area contributed by atoms with E-state index in [1.54, 1.807) is 31.2 Å². The Morgan fingerprint density at radius 2 is 0.875 bits per heavy atom. The monoisotopic (exact) mass is 754 g/mol. The van der Waals surface area contributed by atoms with E-state index >= 15 is 0 Å². The fourth-order valence-electron chi connectivity index (χ4n) is 5.51. The standard InChI is InChI=1S/C11H16.3C9H12.C8H6FN.C7H7F/c1-8(2)11-6-9(3)5-10(4)7-11;1-7-4-8(2)6-9(3)5-7;1-7-5-4-6-8(2)9(7)3;1-3-9-6-4-8(2)5-7-9;1-6-2-3-7(5-10)8(9)4-6;1-6-2-4-7(8)5-3-6/h5-8H,1-4H3;2*4-6H,1-3H3;4-7H,3H2,1-2H3;2-4H,1H3;2-5H,1H3. The van der Waals surface area contributed by atoms with Crippen molar-refractivity contribution in [3.8, 4) is 6.07 Å². The highest BCUT2D eigenvalue weighted by Gasteiger charge is 2.00. The van der Waals surface area contributed by atoms with Crippen LogP contribution in [-0.4, -0.2) is 0 Å². The largest absolute Gasteiger partial charge is 0.207 e. The topological polar surface area (TPSA) is 23.8 Å². The van der Waals surface area contributed by atoms with Crippen molar-refractivity contribution in [1.29, 1.82) is 5.26 Å². The molecule has 0 aliphatic heterocycles. The summed E-state index contributed by atoms with van der Waals surface area (Å²) in [4.78, 5) is 0. The lowest BCUT2D eigenvalue weighted by Crippen LogP contribution is -1.89. The maximum absolute atomic E-state index is 12.6. The third-order valence-corrected chi connectivity index (χ3v) is 8.94. The quantitative estimate of drug-likeness (QED) is 0.173. The van der Waals surface area contributed by atoms with E-state index in [2.05, 4.69) is 162 Å². The van der Waals surface area contributed by atoms with Gasteiger partial charge in [0.1, 0.15) is 17.7 Å². The van der Waals surface area contributed by atoms with E-state index in [0.717, 1.165) is 17.5 Å². The number of hydrogen-bond acceptors (Lipinski definition) is 1. The summed E-state index contributed by atoms with van der Waals surface area (Å²) in [6.07, 6.45) is 1.14. The minimum Gasteiger partial charge on any atom is -0.207 e. The van der Waals surface area contributed by atoms with Crippen molar-refractivity contribution in [2.45, 2.75) is 109 Å². The third-order valence-electron chi connectivity index (χ3n) is 8.94. The molecule has 296 valence electrons. The van der Waals surface area contributed by atoms with Crippen molar-refractivity contribution < 1.29 is 8.78 Å². The van der Waals surface area contributed by atoms with E-state index in [4.69, 9.17) is 5.26 Å². The molecule has 0 spiro atoms. The van der Waals surface area contributed by atoms with Gasteiger partial charge in [-0.1, -0.05) is 157 Å². The molecule has 0 aliphatic rings. The summed E-state index contributed by atoms with van der Waals surface area (Å²) in [6.45, 7) is 29.6. The first-order valence-corrected chi connectivity index (χ1v) is 19.4. The molecule has 6 rings (SSSR count). The molecule has 0 bridgehead atoms. The first-order valence-electron chi connectivity index (χ1n) is 19.4. The number of aryl methyl sites for hydroxylation is 11. The Kier molecular flexibility index (Phi) is 22.3. The second-order valence-electron chi connectivity index (χ2n) is 15.0. The molecule has 0 amide bonds. The molecule has 0 fully saturated rings. The number of rotatable bonds is 2. The van der Waals surface area contributed by atoms with Gasteiger partial charge in [0, 0.05) is 0 Å². The molecule has 0 atom stereocenters. The van der Waals surface area contributed by atoms with Crippen LogP contribution in [0, 0.1) is 99.1 Å². The van der Waals surface area contributed by atoms with Crippen LogP contribution in [0.3, 0.4) is 0 Å². The van der Waals surface area contributed by atoms with Crippen LogP contribution in [0.15, 0.2) is 121 Å². The summed E-state index contributed by atoms with van der Waals surface area (Å²) >= 11 is 0. The average molecular weight is 754 g/mol. The van der Waals surface area contributed by atoms with Gasteiger partial charge in [-0.15, -0.1) is 0 Å². The lowest BCUT2D eigenvalue weighted by molar-refractivity contribution is 0.622. The second-order valence-corrected chi connectivity index (χ2v) is 15.0. The van der Waals surface area contributed by atoms with Gasteiger partial charge in [-0.2, -0.15) is 5.26 Å². The maximum Gasteiger partial charge on any atom is 0.141 e. The molecule has 0 saturated carbocycles. The van der Waals surface area contributed by atoms with Gasteiger partial charge in [0.2, 0.25) is 0 Å². The van der Waals surface area contributed by atoms with Crippen LogP contribution < -0.4 is 0 Å². The fraction of sp³-hybridized carbons (Fsp3) is 0.302. The van der Waals surface area contributed by atoms with Crippen LogP contribution in [0.4, 0.5) is 8.78 Å². The highest BCUT2D eigenvalue weighted by molar-refractivity contribution is 5.33.